The summed E-state index contributed by atoms with van der Waals surface area (Å²) in [5, 5.41) is 19.9. The van der Waals surface area contributed by atoms with Crippen molar-refractivity contribution in [3.63, 3.8) is 0 Å². The van der Waals surface area contributed by atoms with E-state index in [1.165, 1.54) is 0 Å². The number of rotatable bonds is 2. The number of aromatic hydroxyl groups is 1. The Hall–Kier alpha value is -1.55. The molecule has 1 aliphatic rings. The summed E-state index contributed by atoms with van der Waals surface area (Å²) in [6.07, 6.45) is 0. The number of aliphatic hydroxyl groups is 1. The van der Waals surface area contributed by atoms with E-state index < -0.39 is 5.60 Å². The van der Waals surface area contributed by atoms with Gasteiger partial charge < -0.3 is 15.1 Å². The van der Waals surface area contributed by atoms with Gasteiger partial charge in [-0.3, -0.25) is 4.79 Å². The van der Waals surface area contributed by atoms with Crippen LogP contribution in [-0.4, -0.2) is 39.7 Å². The molecule has 0 spiro atoms. The van der Waals surface area contributed by atoms with E-state index in [-0.39, 0.29) is 17.6 Å². The summed E-state index contributed by atoms with van der Waals surface area (Å²) in [5.74, 6) is -0.106. The average molecular weight is 249 g/mol. The van der Waals surface area contributed by atoms with Crippen LogP contribution < -0.4 is 0 Å². The zero-order valence-corrected chi connectivity index (χ0v) is 11.0. The number of hydrogen-bond acceptors (Lipinski definition) is 3. The van der Waals surface area contributed by atoms with Gasteiger partial charge in [0.15, 0.2) is 0 Å². The Bertz CT molecular complexity index is 476. The molecule has 0 unspecified atom stereocenters. The topological polar surface area (TPSA) is 60.8 Å². The highest BCUT2D eigenvalue weighted by molar-refractivity contribution is 5.97. The number of carbonyl (C=O) groups is 1. The van der Waals surface area contributed by atoms with Crippen molar-refractivity contribution in [2.75, 3.05) is 13.1 Å². The molecule has 0 radical (unpaired) electrons. The first-order valence-corrected chi connectivity index (χ1v) is 6.15. The summed E-state index contributed by atoms with van der Waals surface area (Å²) in [6, 6.07) is 4.99. The minimum Gasteiger partial charge on any atom is -0.507 e. The van der Waals surface area contributed by atoms with E-state index in [1.54, 1.807) is 23.1 Å². The molecule has 0 aliphatic carbocycles. The fourth-order valence-corrected chi connectivity index (χ4v) is 2.12. The zero-order valence-electron chi connectivity index (χ0n) is 11.0. The van der Waals surface area contributed by atoms with Crippen molar-refractivity contribution in [2.24, 2.45) is 5.92 Å². The van der Waals surface area contributed by atoms with Gasteiger partial charge in [-0.1, -0.05) is 19.9 Å². The summed E-state index contributed by atoms with van der Waals surface area (Å²) in [6.45, 7) is 6.39. The van der Waals surface area contributed by atoms with E-state index >= 15 is 0 Å². The van der Waals surface area contributed by atoms with Crippen LogP contribution in [-0.2, 0) is 0 Å². The van der Waals surface area contributed by atoms with Crippen molar-refractivity contribution in [2.45, 2.75) is 26.4 Å². The van der Waals surface area contributed by atoms with Crippen LogP contribution in [0.25, 0.3) is 0 Å². The third-order valence-electron chi connectivity index (χ3n) is 3.67. The minimum absolute atomic E-state index is 0.0000123. The molecule has 1 aromatic carbocycles. The van der Waals surface area contributed by atoms with Crippen LogP contribution in [0.2, 0.25) is 0 Å². The zero-order chi connectivity index (χ0) is 13.5. The lowest BCUT2D eigenvalue weighted by Gasteiger charge is -2.49. The van der Waals surface area contributed by atoms with Crippen molar-refractivity contribution in [3.05, 3.63) is 29.3 Å². The summed E-state index contributed by atoms with van der Waals surface area (Å²) in [7, 11) is 0. The lowest BCUT2D eigenvalue weighted by atomic mass is 9.82. The van der Waals surface area contributed by atoms with E-state index in [9.17, 15) is 15.0 Å². The second kappa shape index (κ2) is 4.28. The first-order chi connectivity index (χ1) is 8.33. The number of phenolic OH excluding ortho intramolecular Hbond substituents is 1. The van der Waals surface area contributed by atoms with E-state index in [0.717, 1.165) is 5.56 Å². The standard InChI is InChI=1S/C14H19NO3/c1-9(2)14(18)7-15(8-14)13(17)11-5-4-10(3)6-12(11)16/h4-6,9,16,18H,7-8H2,1-3H3. The largest absolute Gasteiger partial charge is 0.507 e. The number of benzene rings is 1. The minimum atomic E-state index is -0.782. The molecule has 2 rings (SSSR count). The molecule has 1 aromatic rings. The smallest absolute Gasteiger partial charge is 0.257 e. The first kappa shape index (κ1) is 12.9. The molecule has 1 fully saturated rings. The van der Waals surface area contributed by atoms with E-state index in [1.807, 2.05) is 20.8 Å². The van der Waals surface area contributed by atoms with Crippen LogP contribution >= 0.6 is 0 Å². The molecule has 2 N–H and O–H groups in total. The van der Waals surface area contributed by atoms with Crippen LogP contribution in [0.4, 0.5) is 0 Å². The third kappa shape index (κ3) is 2.08. The maximum absolute atomic E-state index is 12.1. The van der Waals surface area contributed by atoms with Crippen LogP contribution in [0.15, 0.2) is 18.2 Å². The predicted molar refractivity (Wildman–Crippen MR) is 68.5 cm³/mol. The van der Waals surface area contributed by atoms with Crippen molar-refractivity contribution in [1.29, 1.82) is 0 Å². The molecule has 0 saturated carbocycles. The Labute approximate surface area is 107 Å². The molecular formula is C14H19NO3. The number of aryl methyl sites for hydroxylation is 1. The average Bonchev–Trinajstić information content (AvgIpc) is 2.23. The van der Waals surface area contributed by atoms with Crippen molar-refractivity contribution in [1.82, 2.24) is 4.90 Å². The van der Waals surface area contributed by atoms with E-state index in [0.29, 0.717) is 18.7 Å². The monoisotopic (exact) mass is 249 g/mol. The Kier molecular flexibility index (Phi) is 3.07. The van der Waals surface area contributed by atoms with Gasteiger partial charge in [0.05, 0.1) is 18.7 Å². The highest BCUT2D eigenvalue weighted by Crippen LogP contribution is 2.31. The number of hydrogen-bond donors (Lipinski definition) is 2. The number of likely N-dealkylation sites (tertiary alicyclic amines) is 1. The van der Waals surface area contributed by atoms with Gasteiger partial charge in [-0.05, 0) is 30.5 Å². The lowest BCUT2D eigenvalue weighted by molar-refractivity contribution is -0.110. The number of carbonyl (C=O) groups excluding carboxylic acids is 1. The van der Waals surface area contributed by atoms with Gasteiger partial charge >= 0.3 is 0 Å². The summed E-state index contributed by atoms with van der Waals surface area (Å²) < 4.78 is 0. The molecule has 0 aromatic heterocycles. The van der Waals surface area contributed by atoms with Gasteiger partial charge in [0.25, 0.3) is 5.91 Å². The maximum atomic E-state index is 12.1. The number of β-amino-alcohol motifs (C(OH)–C–C–N with tert-alkyl or cyclic N) is 1. The fourth-order valence-electron chi connectivity index (χ4n) is 2.12. The van der Waals surface area contributed by atoms with Gasteiger partial charge in [-0.15, -0.1) is 0 Å². The second-order valence-corrected chi connectivity index (χ2v) is 5.44. The maximum Gasteiger partial charge on any atom is 0.257 e. The molecule has 1 amide bonds. The van der Waals surface area contributed by atoms with Crippen LogP contribution in [0, 0.1) is 12.8 Å². The van der Waals surface area contributed by atoms with Gasteiger partial charge in [0, 0.05) is 0 Å². The van der Waals surface area contributed by atoms with Crippen molar-refractivity contribution in [3.8, 4) is 5.75 Å². The third-order valence-corrected chi connectivity index (χ3v) is 3.67. The predicted octanol–water partition coefficient (Wildman–Crippen LogP) is 1.54. The fraction of sp³-hybridized carbons (Fsp3) is 0.500. The van der Waals surface area contributed by atoms with E-state index in [2.05, 4.69) is 0 Å². The first-order valence-electron chi connectivity index (χ1n) is 6.15. The molecule has 1 aliphatic heterocycles. The number of amides is 1. The summed E-state index contributed by atoms with van der Waals surface area (Å²) >= 11 is 0. The van der Waals surface area contributed by atoms with Crippen LogP contribution in [0.3, 0.4) is 0 Å². The molecule has 98 valence electrons. The quantitative estimate of drug-likeness (QED) is 0.836. The lowest BCUT2D eigenvalue weighted by Crippen LogP contribution is -2.65. The Morgan fingerprint density at radius 1 is 1.39 bits per heavy atom. The van der Waals surface area contributed by atoms with Gasteiger partial charge in [-0.2, -0.15) is 0 Å². The van der Waals surface area contributed by atoms with Gasteiger partial charge in [0.2, 0.25) is 0 Å². The molecule has 1 saturated heterocycles. The molecule has 4 nitrogen and oxygen atoms in total. The highest BCUT2D eigenvalue weighted by atomic mass is 16.3. The summed E-state index contributed by atoms with van der Waals surface area (Å²) in [5.41, 5.74) is 0.424. The Morgan fingerprint density at radius 3 is 2.50 bits per heavy atom. The molecule has 0 atom stereocenters. The van der Waals surface area contributed by atoms with E-state index in [4.69, 9.17) is 0 Å². The van der Waals surface area contributed by atoms with Crippen molar-refractivity contribution >= 4 is 5.91 Å². The molecule has 4 heteroatoms. The normalized spacial score (nSPS) is 17.7. The highest BCUT2D eigenvalue weighted by Gasteiger charge is 2.46. The van der Waals surface area contributed by atoms with Gasteiger partial charge in [0.1, 0.15) is 11.4 Å². The van der Waals surface area contributed by atoms with Crippen molar-refractivity contribution < 1.29 is 15.0 Å². The Balaban J connectivity index is 2.11. The second-order valence-electron chi connectivity index (χ2n) is 5.44. The number of nitrogens with zero attached hydrogens (tertiary/aromatic N) is 1. The van der Waals surface area contributed by atoms with Gasteiger partial charge in [-0.25, -0.2) is 0 Å². The number of phenols is 1. The molecule has 0 bridgehead atoms. The molecule has 1 heterocycles. The summed E-state index contributed by atoms with van der Waals surface area (Å²) in [4.78, 5) is 13.7. The Morgan fingerprint density at radius 2 is 2.00 bits per heavy atom. The SMILES string of the molecule is Cc1ccc(C(=O)N2CC(O)(C(C)C)C2)c(O)c1. The van der Waals surface area contributed by atoms with Crippen LogP contribution in [0.1, 0.15) is 29.8 Å². The molecule has 18 heavy (non-hydrogen) atoms. The van der Waals surface area contributed by atoms with Crippen LogP contribution in [0.5, 0.6) is 5.75 Å². The molecular weight excluding hydrogens is 230 g/mol.